The fourth-order valence-corrected chi connectivity index (χ4v) is 3.44. The summed E-state index contributed by atoms with van der Waals surface area (Å²) in [7, 11) is 0. The number of imidazole rings is 1. The summed E-state index contributed by atoms with van der Waals surface area (Å²) < 4.78 is 13.7. The molecule has 0 bridgehead atoms. The zero-order valence-corrected chi connectivity index (χ0v) is 13.0. The van der Waals surface area contributed by atoms with Crippen LogP contribution in [-0.4, -0.2) is 26.6 Å². The van der Waals surface area contributed by atoms with Crippen LogP contribution in [0.2, 0.25) is 0 Å². The van der Waals surface area contributed by atoms with Gasteiger partial charge < -0.3 is 15.7 Å². The number of hydrogen-bond donors (Lipinski definition) is 3. The van der Waals surface area contributed by atoms with E-state index in [1.54, 1.807) is 12.1 Å². The van der Waals surface area contributed by atoms with Crippen molar-refractivity contribution in [1.29, 1.82) is 0 Å². The third-order valence-electron chi connectivity index (χ3n) is 3.77. The number of hydrogen-bond acceptors (Lipinski definition) is 4. The lowest BCUT2D eigenvalue weighted by Crippen LogP contribution is -2.13. The van der Waals surface area contributed by atoms with Crippen LogP contribution < -0.4 is 11.3 Å². The second kappa shape index (κ2) is 5.34. The van der Waals surface area contributed by atoms with Gasteiger partial charge in [-0.05, 0) is 24.3 Å². The lowest BCUT2D eigenvalue weighted by atomic mass is 10.0. The first-order chi connectivity index (χ1) is 11.5. The molecule has 4 N–H and O–H groups in total. The Morgan fingerprint density at radius 1 is 1.25 bits per heavy atom. The maximum absolute atomic E-state index is 13.7. The highest BCUT2D eigenvalue weighted by molar-refractivity contribution is 7.99. The zero-order chi connectivity index (χ0) is 16.8. The Morgan fingerprint density at radius 2 is 2.08 bits per heavy atom. The molecule has 4 rings (SSSR count). The number of H-pyrrole nitrogens is 2. The molecule has 8 heteroatoms. The van der Waals surface area contributed by atoms with Gasteiger partial charge in [-0.3, -0.25) is 9.59 Å². The van der Waals surface area contributed by atoms with E-state index in [-0.39, 0.29) is 11.3 Å². The van der Waals surface area contributed by atoms with Gasteiger partial charge in [0.15, 0.2) is 5.16 Å². The molecule has 0 aliphatic carbocycles. The number of pyridine rings is 1. The number of thioether (sulfide) groups is 1. The third-order valence-corrected chi connectivity index (χ3v) is 4.67. The number of amides is 1. The average molecular weight is 342 g/mol. The number of fused-ring (bicyclic) bond motifs is 6. The number of halogens is 1. The second-order valence-corrected chi connectivity index (χ2v) is 6.27. The van der Waals surface area contributed by atoms with E-state index in [1.807, 2.05) is 0 Å². The Hall–Kier alpha value is -2.87. The highest BCUT2D eigenvalue weighted by atomic mass is 32.2. The van der Waals surface area contributed by atoms with Crippen LogP contribution in [-0.2, 0) is 4.79 Å². The summed E-state index contributed by atoms with van der Waals surface area (Å²) in [6, 6.07) is 6.01. The van der Waals surface area contributed by atoms with Crippen LogP contribution in [0.4, 0.5) is 4.39 Å². The molecule has 2 aromatic carbocycles. The van der Waals surface area contributed by atoms with Crippen LogP contribution in [0, 0.1) is 5.82 Å². The molecular formula is C16H11FN4O2S. The maximum atomic E-state index is 13.7. The van der Waals surface area contributed by atoms with Crippen LogP contribution in [0.15, 0.2) is 40.4 Å². The number of aromatic amines is 2. The van der Waals surface area contributed by atoms with Gasteiger partial charge in [0.05, 0.1) is 22.2 Å². The summed E-state index contributed by atoms with van der Waals surface area (Å²) in [5.74, 6) is -0.784. The molecule has 0 aliphatic heterocycles. The van der Waals surface area contributed by atoms with Gasteiger partial charge >= 0.3 is 0 Å². The monoisotopic (exact) mass is 342 g/mol. The number of nitrogens with one attached hydrogen (secondary N) is 2. The number of benzene rings is 2. The van der Waals surface area contributed by atoms with Gasteiger partial charge in [0.25, 0.3) is 5.56 Å². The molecule has 120 valence electrons. The fourth-order valence-electron chi connectivity index (χ4n) is 2.83. The van der Waals surface area contributed by atoms with E-state index < -0.39 is 11.7 Å². The van der Waals surface area contributed by atoms with Crippen molar-refractivity contribution in [3.05, 3.63) is 46.6 Å². The van der Waals surface area contributed by atoms with Crippen LogP contribution in [0.3, 0.4) is 0 Å². The maximum Gasteiger partial charge on any atom is 0.256 e. The van der Waals surface area contributed by atoms with Gasteiger partial charge in [0.2, 0.25) is 5.91 Å². The first-order valence-electron chi connectivity index (χ1n) is 7.08. The zero-order valence-electron chi connectivity index (χ0n) is 12.2. The van der Waals surface area contributed by atoms with E-state index in [0.717, 1.165) is 0 Å². The number of carbonyl (C=O) groups excluding carboxylic acids is 1. The smallest absolute Gasteiger partial charge is 0.256 e. The molecule has 0 atom stereocenters. The molecule has 4 aromatic rings. The van der Waals surface area contributed by atoms with E-state index in [0.29, 0.717) is 37.7 Å². The Morgan fingerprint density at radius 3 is 2.88 bits per heavy atom. The van der Waals surface area contributed by atoms with E-state index in [1.165, 1.54) is 30.1 Å². The topological polar surface area (TPSA) is 105 Å². The molecule has 0 saturated carbocycles. The van der Waals surface area contributed by atoms with Crippen molar-refractivity contribution in [2.75, 3.05) is 5.75 Å². The molecule has 0 aliphatic rings. The molecule has 6 nitrogen and oxygen atoms in total. The predicted octanol–water partition coefficient (Wildman–Crippen LogP) is 2.27. The summed E-state index contributed by atoms with van der Waals surface area (Å²) in [5.41, 5.74) is 6.15. The molecule has 2 heterocycles. The largest absolute Gasteiger partial charge is 0.369 e. The van der Waals surface area contributed by atoms with Crippen molar-refractivity contribution < 1.29 is 9.18 Å². The number of carbonyl (C=O) groups is 1. The molecule has 1 amide bonds. The number of nitrogens with zero attached hydrogens (tertiary/aromatic N) is 1. The molecule has 0 fully saturated rings. The third kappa shape index (κ3) is 2.23. The standard InChI is InChI=1S/C16H11FN4O2S/c17-7-1-2-8-10(5-7)12-9(3-4-19-15(12)23)14-13(8)20-16(21-14)24-6-11(18)22/h1-5H,6H2,(H2,18,22)(H,19,23)(H,20,21). The number of primary amides is 1. The predicted molar refractivity (Wildman–Crippen MR) is 91.6 cm³/mol. The minimum atomic E-state index is -0.450. The van der Waals surface area contributed by atoms with Crippen molar-refractivity contribution in [2.24, 2.45) is 5.73 Å². The Balaban J connectivity index is 2.14. The summed E-state index contributed by atoms with van der Waals surface area (Å²) in [6.07, 6.45) is 1.53. The second-order valence-electron chi connectivity index (χ2n) is 5.31. The first-order valence-corrected chi connectivity index (χ1v) is 8.06. The van der Waals surface area contributed by atoms with Gasteiger partial charge in [-0.15, -0.1) is 0 Å². The van der Waals surface area contributed by atoms with Crippen LogP contribution in [0.25, 0.3) is 32.6 Å². The Kier molecular flexibility index (Phi) is 3.27. The Bertz CT molecular complexity index is 1180. The average Bonchev–Trinajstić information content (AvgIpc) is 2.97. The van der Waals surface area contributed by atoms with E-state index in [4.69, 9.17) is 5.73 Å². The van der Waals surface area contributed by atoms with Crippen molar-refractivity contribution in [3.63, 3.8) is 0 Å². The van der Waals surface area contributed by atoms with E-state index >= 15 is 0 Å². The van der Waals surface area contributed by atoms with Crippen molar-refractivity contribution in [1.82, 2.24) is 15.0 Å². The van der Waals surface area contributed by atoms with Gasteiger partial charge in [-0.25, -0.2) is 9.37 Å². The highest BCUT2D eigenvalue weighted by Gasteiger charge is 2.16. The van der Waals surface area contributed by atoms with Crippen molar-refractivity contribution >= 4 is 50.2 Å². The van der Waals surface area contributed by atoms with Crippen molar-refractivity contribution in [2.45, 2.75) is 5.16 Å². The van der Waals surface area contributed by atoms with Gasteiger partial charge in [-0.1, -0.05) is 11.8 Å². The van der Waals surface area contributed by atoms with Crippen molar-refractivity contribution in [3.8, 4) is 0 Å². The molecule has 0 radical (unpaired) electrons. The summed E-state index contributed by atoms with van der Waals surface area (Å²) in [4.78, 5) is 33.5. The van der Waals surface area contributed by atoms with Gasteiger partial charge in [0.1, 0.15) is 5.82 Å². The lowest BCUT2D eigenvalue weighted by molar-refractivity contribution is -0.115. The molecule has 2 aromatic heterocycles. The minimum absolute atomic E-state index is 0.0882. The van der Waals surface area contributed by atoms with E-state index in [2.05, 4.69) is 15.0 Å². The minimum Gasteiger partial charge on any atom is -0.369 e. The summed E-state index contributed by atoms with van der Waals surface area (Å²) >= 11 is 1.18. The number of rotatable bonds is 3. The lowest BCUT2D eigenvalue weighted by Gasteiger charge is -2.05. The number of aromatic nitrogens is 3. The fraction of sp³-hybridized carbons (Fsp3) is 0.0625. The van der Waals surface area contributed by atoms with E-state index in [9.17, 15) is 14.0 Å². The molecular weight excluding hydrogens is 331 g/mol. The SMILES string of the molecule is NC(=O)CSc1nc2c3cc[nH]c(=O)c3c3cc(F)ccc3c2[nH]1. The molecule has 0 saturated heterocycles. The molecule has 24 heavy (non-hydrogen) atoms. The van der Waals surface area contributed by atoms with Crippen LogP contribution in [0.1, 0.15) is 0 Å². The van der Waals surface area contributed by atoms with Crippen LogP contribution >= 0.6 is 11.8 Å². The Labute approximate surface area is 138 Å². The van der Waals surface area contributed by atoms with Gasteiger partial charge in [-0.2, -0.15) is 0 Å². The number of nitrogens with two attached hydrogens (primary N) is 1. The molecule has 0 spiro atoms. The quantitative estimate of drug-likeness (QED) is 0.392. The molecule has 0 unspecified atom stereocenters. The summed E-state index contributed by atoms with van der Waals surface area (Å²) in [5, 5.41) is 2.72. The summed E-state index contributed by atoms with van der Waals surface area (Å²) in [6.45, 7) is 0. The first kappa shape index (κ1) is 14.7. The van der Waals surface area contributed by atoms with Crippen LogP contribution in [0.5, 0.6) is 0 Å². The highest BCUT2D eigenvalue weighted by Crippen LogP contribution is 2.33. The normalized spacial score (nSPS) is 11.5. The van der Waals surface area contributed by atoms with Gasteiger partial charge in [0, 0.05) is 22.4 Å².